The van der Waals surface area contributed by atoms with E-state index in [0.717, 1.165) is 19.6 Å². The van der Waals surface area contributed by atoms with Crippen LogP contribution in [0.1, 0.15) is 25.3 Å². The first-order chi connectivity index (χ1) is 7.65. The molecule has 90 valence electrons. The van der Waals surface area contributed by atoms with Gasteiger partial charge in [-0.2, -0.15) is 0 Å². The predicted molar refractivity (Wildman–Crippen MR) is 71.7 cm³/mol. The minimum absolute atomic E-state index is 0.169. The molecule has 0 spiro atoms. The van der Waals surface area contributed by atoms with Crippen LogP contribution in [0, 0.1) is 5.92 Å². The van der Waals surface area contributed by atoms with E-state index in [0.29, 0.717) is 5.92 Å². The molecule has 1 aliphatic heterocycles. The number of aliphatic hydroxyl groups excluding tert-OH is 1. The second-order valence-corrected chi connectivity index (χ2v) is 6.93. The molecule has 1 N–H and O–H groups in total. The maximum absolute atomic E-state index is 9.63. The van der Waals surface area contributed by atoms with Crippen molar-refractivity contribution < 1.29 is 5.11 Å². The molecule has 0 aromatic carbocycles. The Labute approximate surface area is 109 Å². The Bertz CT molecular complexity index is 340. The minimum atomic E-state index is -0.169. The van der Waals surface area contributed by atoms with Gasteiger partial charge in [0.1, 0.15) is 0 Å². The van der Waals surface area contributed by atoms with Gasteiger partial charge >= 0.3 is 0 Å². The summed E-state index contributed by atoms with van der Waals surface area (Å²) in [4.78, 5) is 2.45. The quantitative estimate of drug-likeness (QED) is 0.927. The summed E-state index contributed by atoms with van der Waals surface area (Å²) in [5.74, 6) is 0.454. The Kier molecular flexibility index (Phi) is 4.41. The van der Waals surface area contributed by atoms with Crippen molar-refractivity contribution in [1.82, 2.24) is 4.90 Å². The van der Waals surface area contributed by atoms with Gasteiger partial charge in [-0.25, -0.2) is 0 Å². The minimum Gasteiger partial charge on any atom is -0.393 e. The average Bonchev–Trinajstić information content (AvgIpc) is 2.64. The molecule has 2 heterocycles. The van der Waals surface area contributed by atoms with Crippen molar-refractivity contribution >= 4 is 27.3 Å². The first kappa shape index (κ1) is 12.6. The lowest BCUT2D eigenvalue weighted by atomic mass is 9.93. The highest BCUT2D eigenvalue weighted by Gasteiger charge is 2.23. The molecule has 1 fully saturated rings. The summed E-state index contributed by atoms with van der Waals surface area (Å²) in [6.45, 7) is 5.13. The molecule has 2 unspecified atom stereocenters. The molecule has 1 saturated heterocycles. The molecular formula is C12H18BrNOS. The van der Waals surface area contributed by atoms with Crippen LogP contribution in [-0.4, -0.2) is 29.2 Å². The van der Waals surface area contributed by atoms with Gasteiger partial charge in [0.05, 0.1) is 9.89 Å². The van der Waals surface area contributed by atoms with Gasteiger partial charge < -0.3 is 5.11 Å². The van der Waals surface area contributed by atoms with Gasteiger partial charge in [0, 0.05) is 13.1 Å². The number of rotatable bonds is 3. The Hall–Kier alpha value is 0.100. The first-order valence-electron chi connectivity index (χ1n) is 5.78. The van der Waals surface area contributed by atoms with E-state index in [9.17, 15) is 5.11 Å². The molecular weight excluding hydrogens is 286 g/mol. The van der Waals surface area contributed by atoms with Crippen LogP contribution >= 0.6 is 27.3 Å². The molecule has 0 aliphatic carbocycles. The normalized spacial score (nSPS) is 24.6. The van der Waals surface area contributed by atoms with E-state index in [2.05, 4.69) is 32.3 Å². The van der Waals surface area contributed by atoms with Gasteiger partial charge in [0.25, 0.3) is 0 Å². The SMILES string of the molecule is CC(O)C1CCCN(Cc2csc(Br)c2)C1. The van der Waals surface area contributed by atoms with Crippen molar-refractivity contribution in [2.24, 2.45) is 5.92 Å². The monoisotopic (exact) mass is 303 g/mol. The van der Waals surface area contributed by atoms with Gasteiger partial charge in [-0.05, 0) is 65.2 Å². The molecule has 0 saturated carbocycles. The van der Waals surface area contributed by atoms with Crippen LogP contribution < -0.4 is 0 Å². The maximum atomic E-state index is 9.63. The number of likely N-dealkylation sites (tertiary alicyclic amines) is 1. The molecule has 16 heavy (non-hydrogen) atoms. The summed E-state index contributed by atoms with van der Waals surface area (Å²) >= 11 is 5.23. The van der Waals surface area contributed by atoms with E-state index in [1.54, 1.807) is 11.3 Å². The van der Waals surface area contributed by atoms with E-state index >= 15 is 0 Å². The lowest BCUT2D eigenvalue weighted by Crippen LogP contribution is -2.38. The number of hydrogen-bond donors (Lipinski definition) is 1. The third-order valence-corrected chi connectivity index (χ3v) is 4.81. The lowest BCUT2D eigenvalue weighted by Gasteiger charge is -2.33. The van der Waals surface area contributed by atoms with E-state index in [1.807, 2.05) is 6.92 Å². The number of piperidine rings is 1. The summed E-state index contributed by atoms with van der Waals surface area (Å²) in [7, 11) is 0. The molecule has 2 rings (SSSR count). The molecule has 1 aliphatic rings. The van der Waals surface area contributed by atoms with E-state index in [-0.39, 0.29) is 6.10 Å². The average molecular weight is 304 g/mol. The van der Waals surface area contributed by atoms with Crippen LogP contribution in [0.25, 0.3) is 0 Å². The zero-order chi connectivity index (χ0) is 11.5. The Balaban J connectivity index is 1.90. The zero-order valence-electron chi connectivity index (χ0n) is 9.53. The molecule has 0 amide bonds. The zero-order valence-corrected chi connectivity index (χ0v) is 11.9. The van der Waals surface area contributed by atoms with Crippen molar-refractivity contribution in [3.05, 3.63) is 20.8 Å². The highest BCUT2D eigenvalue weighted by atomic mass is 79.9. The fourth-order valence-electron chi connectivity index (χ4n) is 2.32. The summed E-state index contributed by atoms with van der Waals surface area (Å²) in [5, 5.41) is 11.8. The molecule has 1 aromatic rings. The first-order valence-corrected chi connectivity index (χ1v) is 7.46. The second kappa shape index (κ2) is 5.63. The van der Waals surface area contributed by atoms with Crippen LogP contribution in [0.3, 0.4) is 0 Å². The largest absolute Gasteiger partial charge is 0.393 e. The maximum Gasteiger partial charge on any atom is 0.0701 e. The Morgan fingerprint density at radius 3 is 3.12 bits per heavy atom. The van der Waals surface area contributed by atoms with E-state index < -0.39 is 0 Å². The Morgan fingerprint density at radius 2 is 2.50 bits per heavy atom. The van der Waals surface area contributed by atoms with Crippen LogP contribution in [0.4, 0.5) is 0 Å². The van der Waals surface area contributed by atoms with Gasteiger partial charge in [-0.1, -0.05) is 0 Å². The Morgan fingerprint density at radius 1 is 1.69 bits per heavy atom. The highest BCUT2D eigenvalue weighted by Crippen LogP contribution is 2.25. The molecule has 2 nitrogen and oxygen atoms in total. The fraction of sp³-hybridized carbons (Fsp3) is 0.667. The number of halogens is 1. The standard InChI is InChI=1S/C12H18BrNOS/c1-9(15)11-3-2-4-14(7-11)6-10-5-12(13)16-8-10/h5,8-9,11,15H,2-4,6-7H2,1H3. The van der Waals surface area contributed by atoms with Crippen molar-refractivity contribution in [1.29, 1.82) is 0 Å². The molecule has 4 heteroatoms. The van der Waals surface area contributed by atoms with Gasteiger partial charge in [0.15, 0.2) is 0 Å². The smallest absolute Gasteiger partial charge is 0.0701 e. The number of thiophene rings is 1. The molecule has 0 bridgehead atoms. The third kappa shape index (κ3) is 3.29. The topological polar surface area (TPSA) is 23.5 Å². The summed E-state index contributed by atoms with van der Waals surface area (Å²) in [5.41, 5.74) is 1.38. The highest BCUT2D eigenvalue weighted by molar-refractivity contribution is 9.11. The van der Waals surface area contributed by atoms with E-state index in [1.165, 1.54) is 22.2 Å². The molecule has 0 radical (unpaired) electrons. The van der Waals surface area contributed by atoms with Gasteiger partial charge in [-0.15, -0.1) is 11.3 Å². The predicted octanol–water partition coefficient (Wildman–Crippen LogP) is 3.10. The summed E-state index contributed by atoms with van der Waals surface area (Å²) in [6.07, 6.45) is 2.21. The van der Waals surface area contributed by atoms with Crippen LogP contribution in [0.5, 0.6) is 0 Å². The number of aliphatic hydroxyl groups is 1. The number of nitrogens with zero attached hydrogens (tertiary/aromatic N) is 1. The van der Waals surface area contributed by atoms with Gasteiger partial charge in [-0.3, -0.25) is 4.90 Å². The van der Waals surface area contributed by atoms with E-state index in [4.69, 9.17) is 0 Å². The fourth-order valence-corrected chi connectivity index (χ4v) is 3.52. The lowest BCUT2D eigenvalue weighted by molar-refractivity contribution is 0.0599. The number of hydrogen-bond acceptors (Lipinski definition) is 3. The van der Waals surface area contributed by atoms with Crippen LogP contribution in [0.2, 0.25) is 0 Å². The van der Waals surface area contributed by atoms with Crippen molar-refractivity contribution in [2.45, 2.75) is 32.4 Å². The molecule has 2 atom stereocenters. The second-order valence-electron chi connectivity index (χ2n) is 4.64. The third-order valence-electron chi connectivity index (χ3n) is 3.25. The van der Waals surface area contributed by atoms with Crippen LogP contribution in [0.15, 0.2) is 15.2 Å². The summed E-state index contributed by atoms with van der Waals surface area (Å²) < 4.78 is 1.20. The van der Waals surface area contributed by atoms with Gasteiger partial charge in [0.2, 0.25) is 0 Å². The van der Waals surface area contributed by atoms with Crippen molar-refractivity contribution in [3.8, 4) is 0 Å². The van der Waals surface area contributed by atoms with Crippen molar-refractivity contribution in [2.75, 3.05) is 13.1 Å². The summed E-state index contributed by atoms with van der Waals surface area (Å²) in [6, 6.07) is 2.19. The van der Waals surface area contributed by atoms with Crippen molar-refractivity contribution in [3.63, 3.8) is 0 Å². The molecule has 1 aromatic heterocycles. The van der Waals surface area contributed by atoms with Crippen LogP contribution in [-0.2, 0) is 6.54 Å².